The van der Waals surface area contributed by atoms with E-state index in [4.69, 9.17) is 0 Å². The molecule has 0 fully saturated rings. The lowest BCUT2D eigenvalue weighted by Gasteiger charge is -1.99. The molecule has 0 aliphatic rings. The Labute approximate surface area is 46.7 Å². The molecule has 0 saturated heterocycles. The summed E-state index contributed by atoms with van der Waals surface area (Å²) >= 11 is 0.733. The van der Waals surface area contributed by atoms with Crippen molar-refractivity contribution in [2.24, 2.45) is 0 Å². The highest BCUT2D eigenvalue weighted by molar-refractivity contribution is 9.09. The largest absolute Gasteiger partial charge is 0.760 e. The zero-order valence-corrected chi connectivity index (χ0v) is 5.21. The predicted molar refractivity (Wildman–Crippen MR) is 25.8 cm³/mol. The molecule has 6 heavy (non-hydrogen) atoms. The summed E-state index contributed by atoms with van der Waals surface area (Å²) in [7, 11) is 0. The molecule has 38 valence electrons. The van der Waals surface area contributed by atoms with Gasteiger partial charge >= 0.3 is 0 Å². The van der Waals surface area contributed by atoms with Crippen molar-refractivity contribution in [2.45, 2.75) is 0 Å². The van der Waals surface area contributed by atoms with Gasteiger partial charge < -0.3 is 4.55 Å². The van der Waals surface area contributed by atoms with Crippen molar-refractivity contribution >= 4 is 27.2 Å². The number of nitrogens with one attached hydrogen (secondary N) is 1. The molecule has 0 aromatic heterocycles. The number of hydrogen-bond donors (Lipinski definition) is 1. The Morgan fingerprint density at radius 2 is 2.50 bits per heavy atom. The Morgan fingerprint density at radius 3 is 2.50 bits per heavy atom. The van der Waals surface area contributed by atoms with Crippen LogP contribution in [0.5, 0.6) is 0 Å². The van der Waals surface area contributed by atoms with Gasteiger partial charge in [-0.1, -0.05) is 15.9 Å². The lowest BCUT2D eigenvalue weighted by molar-refractivity contribution is 0.528. The van der Waals surface area contributed by atoms with Gasteiger partial charge in [-0.15, -0.1) is 0 Å². The average molecular weight is 173 g/mol. The molecule has 0 rings (SSSR count). The molecule has 0 bridgehead atoms. The summed E-state index contributed by atoms with van der Waals surface area (Å²) in [5, 5.41) is 0. The molecule has 1 atom stereocenters. The predicted octanol–water partition coefficient (Wildman–Crippen LogP) is -0.277. The SMILES string of the molecule is O=S([O-])NCBr. The van der Waals surface area contributed by atoms with Crippen LogP contribution < -0.4 is 4.72 Å². The van der Waals surface area contributed by atoms with Gasteiger partial charge in [0.1, 0.15) is 0 Å². The third kappa shape index (κ3) is 4.55. The highest BCUT2D eigenvalue weighted by atomic mass is 79.9. The third-order valence-electron chi connectivity index (χ3n) is 0.172. The average Bonchev–Trinajstić information content (AvgIpc) is 1.35. The van der Waals surface area contributed by atoms with Gasteiger partial charge in [-0.05, 0) is 0 Å². The quantitative estimate of drug-likeness (QED) is 0.354. The van der Waals surface area contributed by atoms with Gasteiger partial charge in [0, 0.05) is 11.3 Å². The van der Waals surface area contributed by atoms with E-state index in [0.29, 0.717) is 0 Å². The summed E-state index contributed by atoms with van der Waals surface area (Å²) in [5.41, 5.74) is 0.281. The molecule has 0 spiro atoms. The van der Waals surface area contributed by atoms with Crippen LogP contribution in [-0.4, -0.2) is 14.2 Å². The van der Waals surface area contributed by atoms with Crippen LogP contribution in [0.15, 0.2) is 0 Å². The fourth-order valence-corrected chi connectivity index (χ4v) is 0.694. The van der Waals surface area contributed by atoms with Crippen LogP contribution in [-0.2, 0) is 11.3 Å². The van der Waals surface area contributed by atoms with Crippen LogP contribution in [0.2, 0.25) is 0 Å². The molecule has 0 aliphatic heterocycles. The summed E-state index contributed by atoms with van der Waals surface area (Å²) < 4.78 is 21.0. The maximum Gasteiger partial charge on any atom is 0.0626 e. The minimum atomic E-state index is -2.11. The maximum absolute atomic E-state index is 9.46. The molecule has 0 aliphatic carbocycles. The number of rotatable bonds is 2. The Bertz CT molecular complexity index is 57.5. The molecular formula is CH3BrNO2S-. The molecule has 0 aromatic rings. The summed E-state index contributed by atoms with van der Waals surface area (Å²) in [5.74, 6) is 0. The van der Waals surface area contributed by atoms with Crippen molar-refractivity contribution < 1.29 is 8.76 Å². The highest BCUT2D eigenvalue weighted by Gasteiger charge is 1.69. The molecular weight excluding hydrogens is 170 g/mol. The van der Waals surface area contributed by atoms with Crippen LogP contribution >= 0.6 is 15.9 Å². The summed E-state index contributed by atoms with van der Waals surface area (Å²) in [6.07, 6.45) is 0. The molecule has 1 N–H and O–H groups in total. The van der Waals surface area contributed by atoms with Gasteiger partial charge in [-0.3, -0.25) is 4.21 Å². The molecule has 0 amide bonds. The second-order valence-corrected chi connectivity index (χ2v) is 1.83. The molecule has 5 heteroatoms. The minimum Gasteiger partial charge on any atom is -0.760 e. The number of alkyl halides is 1. The first kappa shape index (κ1) is 6.55. The summed E-state index contributed by atoms with van der Waals surface area (Å²) in [6, 6.07) is 0. The monoisotopic (exact) mass is 172 g/mol. The molecule has 0 heterocycles. The van der Waals surface area contributed by atoms with Gasteiger partial charge in [-0.2, -0.15) is 0 Å². The van der Waals surface area contributed by atoms with Gasteiger partial charge in [0.2, 0.25) is 0 Å². The van der Waals surface area contributed by atoms with E-state index < -0.39 is 11.3 Å². The van der Waals surface area contributed by atoms with E-state index in [0.717, 1.165) is 0 Å². The highest BCUT2D eigenvalue weighted by Crippen LogP contribution is 1.70. The third-order valence-corrected chi connectivity index (χ3v) is 1.20. The van der Waals surface area contributed by atoms with E-state index in [2.05, 4.69) is 15.9 Å². The van der Waals surface area contributed by atoms with Gasteiger partial charge in [0.15, 0.2) is 0 Å². The van der Waals surface area contributed by atoms with Gasteiger partial charge in [-0.25, -0.2) is 4.72 Å². The van der Waals surface area contributed by atoms with E-state index in [1.807, 2.05) is 4.72 Å². The van der Waals surface area contributed by atoms with Crippen LogP contribution in [0, 0.1) is 0 Å². The van der Waals surface area contributed by atoms with Crippen molar-refractivity contribution in [3.63, 3.8) is 0 Å². The zero-order valence-electron chi connectivity index (χ0n) is 2.81. The van der Waals surface area contributed by atoms with Crippen LogP contribution in [0.3, 0.4) is 0 Å². The van der Waals surface area contributed by atoms with E-state index in [9.17, 15) is 8.76 Å². The molecule has 0 saturated carbocycles. The fourth-order valence-electron chi connectivity index (χ4n) is 0.0445. The molecule has 3 nitrogen and oxygen atoms in total. The first-order chi connectivity index (χ1) is 2.77. The Balaban J connectivity index is 2.83. The second-order valence-electron chi connectivity index (χ2n) is 0.513. The number of halogens is 1. The van der Waals surface area contributed by atoms with E-state index in [-0.39, 0.29) is 5.45 Å². The van der Waals surface area contributed by atoms with Crippen LogP contribution in [0.4, 0.5) is 0 Å². The lowest BCUT2D eigenvalue weighted by Crippen LogP contribution is -2.12. The Kier molecular flexibility index (Phi) is 4.07. The topological polar surface area (TPSA) is 52.2 Å². The Hall–Kier alpha value is 0.550. The van der Waals surface area contributed by atoms with Crippen molar-refractivity contribution in [1.82, 2.24) is 4.72 Å². The Morgan fingerprint density at radius 1 is 2.00 bits per heavy atom. The first-order valence-electron chi connectivity index (χ1n) is 1.16. The second kappa shape index (κ2) is 3.73. The van der Waals surface area contributed by atoms with Crippen molar-refractivity contribution in [2.75, 3.05) is 5.45 Å². The van der Waals surface area contributed by atoms with E-state index >= 15 is 0 Å². The smallest absolute Gasteiger partial charge is 0.0626 e. The lowest BCUT2D eigenvalue weighted by atomic mass is 11.6. The number of hydrogen-bond acceptors (Lipinski definition) is 2. The first-order valence-corrected chi connectivity index (χ1v) is 3.35. The van der Waals surface area contributed by atoms with Crippen molar-refractivity contribution in [3.8, 4) is 0 Å². The molecule has 0 radical (unpaired) electrons. The van der Waals surface area contributed by atoms with Crippen LogP contribution in [0.25, 0.3) is 0 Å². The zero-order chi connectivity index (χ0) is 4.99. The normalized spacial score (nSPS) is 14.3. The van der Waals surface area contributed by atoms with Gasteiger partial charge in [0.25, 0.3) is 0 Å². The summed E-state index contributed by atoms with van der Waals surface area (Å²) in [4.78, 5) is 0. The minimum absolute atomic E-state index is 0.281. The molecule has 1 unspecified atom stereocenters. The van der Waals surface area contributed by atoms with Crippen LogP contribution in [0.1, 0.15) is 0 Å². The maximum atomic E-state index is 9.46. The molecule has 0 aromatic carbocycles. The van der Waals surface area contributed by atoms with E-state index in [1.165, 1.54) is 0 Å². The van der Waals surface area contributed by atoms with E-state index in [1.54, 1.807) is 0 Å². The standard InChI is InChI=1S/CH4BrNO2S/c2-1-3-6(4)5/h3H,1H2,(H,4,5)/p-1. The van der Waals surface area contributed by atoms with Crippen molar-refractivity contribution in [3.05, 3.63) is 0 Å². The fraction of sp³-hybridized carbons (Fsp3) is 1.00. The van der Waals surface area contributed by atoms with Gasteiger partial charge in [0.05, 0.1) is 5.45 Å². The van der Waals surface area contributed by atoms with Crippen molar-refractivity contribution in [1.29, 1.82) is 0 Å². The summed E-state index contributed by atoms with van der Waals surface area (Å²) in [6.45, 7) is 0.